The van der Waals surface area contributed by atoms with E-state index in [0.29, 0.717) is 10.8 Å². The molecule has 0 amide bonds. The van der Waals surface area contributed by atoms with Crippen LogP contribution in [-0.4, -0.2) is 48.0 Å². The number of hydrogen-bond donors (Lipinski definition) is 1. The number of aromatic nitrogens is 6. The number of nitrogens with one attached hydrogen (secondary N) is 1. The van der Waals surface area contributed by atoms with Crippen LogP contribution in [0, 0.1) is 0 Å². The van der Waals surface area contributed by atoms with Crippen molar-refractivity contribution in [2.75, 3.05) is 5.32 Å². The van der Waals surface area contributed by atoms with Crippen LogP contribution < -0.4 is 10.8 Å². The van der Waals surface area contributed by atoms with Gasteiger partial charge in [-0.3, -0.25) is 0 Å². The molecule has 4 aromatic rings. The molecule has 0 saturated carbocycles. The normalized spacial score (nSPS) is 17.1. The van der Waals surface area contributed by atoms with Gasteiger partial charge in [-0.15, -0.1) is 0 Å². The second-order valence-electron chi connectivity index (χ2n) is 9.78. The lowest BCUT2D eigenvalue weighted by Crippen LogP contribution is -2.41. The van der Waals surface area contributed by atoms with Crippen LogP contribution in [0.4, 0.5) is 38.0 Å². The standard InChI is InChI=1S/C23H20BF6N7O2/c1-20(2)21(3,4)39-24(38-20)14-10-13(34-18-31-7-5-15(35-18)22(25,26)27)9-12-11-33-37(17(12)14)19-32-8-6-16(36-19)23(28,29)30/h5-11H,1-4H3,(H,31,34,35). The van der Waals surface area contributed by atoms with E-state index >= 15 is 0 Å². The maximum Gasteiger partial charge on any atom is 0.497 e. The lowest BCUT2D eigenvalue weighted by atomic mass is 9.77. The van der Waals surface area contributed by atoms with Crippen LogP contribution in [0.1, 0.15) is 39.1 Å². The minimum absolute atomic E-state index is 0.260. The van der Waals surface area contributed by atoms with Gasteiger partial charge in [0.15, 0.2) is 0 Å². The van der Waals surface area contributed by atoms with Gasteiger partial charge in [-0.25, -0.2) is 19.9 Å². The average Bonchev–Trinajstić information content (AvgIpc) is 3.35. The Labute approximate surface area is 217 Å². The van der Waals surface area contributed by atoms with E-state index < -0.39 is 42.1 Å². The fourth-order valence-corrected chi connectivity index (χ4v) is 3.89. The van der Waals surface area contributed by atoms with Crippen LogP contribution in [0.25, 0.3) is 16.9 Å². The van der Waals surface area contributed by atoms with Gasteiger partial charge in [0.05, 0.1) is 22.9 Å². The van der Waals surface area contributed by atoms with E-state index in [1.54, 1.807) is 0 Å². The zero-order valence-corrected chi connectivity index (χ0v) is 20.9. The summed E-state index contributed by atoms with van der Waals surface area (Å²) in [4.78, 5) is 15.0. The van der Waals surface area contributed by atoms with E-state index in [2.05, 4.69) is 30.4 Å². The quantitative estimate of drug-likeness (QED) is 0.288. The minimum atomic E-state index is -4.71. The van der Waals surface area contributed by atoms with Crippen molar-refractivity contribution >= 4 is 35.1 Å². The minimum Gasteiger partial charge on any atom is -0.399 e. The van der Waals surface area contributed by atoms with Crippen molar-refractivity contribution in [1.82, 2.24) is 29.7 Å². The lowest BCUT2D eigenvalue weighted by molar-refractivity contribution is -0.142. The fourth-order valence-electron chi connectivity index (χ4n) is 3.89. The van der Waals surface area contributed by atoms with Crippen molar-refractivity contribution in [1.29, 1.82) is 0 Å². The monoisotopic (exact) mass is 551 g/mol. The van der Waals surface area contributed by atoms with E-state index in [4.69, 9.17) is 9.31 Å². The van der Waals surface area contributed by atoms with E-state index in [0.717, 1.165) is 29.2 Å². The third-order valence-electron chi connectivity index (χ3n) is 6.53. The molecule has 0 spiro atoms. The number of rotatable bonds is 4. The van der Waals surface area contributed by atoms with Crippen LogP contribution in [0.15, 0.2) is 42.9 Å². The Hall–Kier alpha value is -3.79. The van der Waals surface area contributed by atoms with E-state index in [1.165, 1.54) is 18.3 Å². The molecule has 0 bridgehead atoms. The van der Waals surface area contributed by atoms with Gasteiger partial charge < -0.3 is 14.6 Å². The molecule has 0 unspecified atom stereocenters. The van der Waals surface area contributed by atoms with Crippen molar-refractivity contribution in [2.24, 2.45) is 0 Å². The molecule has 4 heterocycles. The summed E-state index contributed by atoms with van der Waals surface area (Å²) in [7, 11) is -1.03. The van der Waals surface area contributed by atoms with Gasteiger partial charge in [0.25, 0.3) is 5.95 Å². The first-order valence-electron chi connectivity index (χ1n) is 11.5. The predicted molar refractivity (Wildman–Crippen MR) is 128 cm³/mol. The van der Waals surface area contributed by atoms with Gasteiger partial charge >= 0.3 is 19.5 Å². The van der Waals surface area contributed by atoms with Gasteiger partial charge in [0.2, 0.25) is 5.95 Å². The zero-order valence-electron chi connectivity index (χ0n) is 20.9. The summed E-state index contributed by atoms with van der Waals surface area (Å²) < 4.78 is 92.9. The van der Waals surface area contributed by atoms with Crippen molar-refractivity contribution < 1.29 is 35.7 Å². The third kappa shape index (κ3) is 5.01. The van der Waals surface area contributed by atoms with E-state index in [1.807, 2.05) is 27.7 Å². The summed E-state index contributed by atoms with van der Waals surface area (Å²) in [6, 6.07) is 4.51. The molecule has 204 valence electrons. The Kier molecular flexibility index (Phi) is 6.10. The Bertz CT molecular complexity index is 1540. The summed E-state index contributed by atoms with van der Waals surface area (Å²) >= 11 is 0. The number of hydrogen-bond acceptors (Lipinski definition) is 8. The van der Waals surface area contributed by atoms with Gasteiger partial charge in [-0.1, -0.05) is 0 Å². The SMILES string of the molecule is CC1(C)OB(c2cc(Nc3nccc(C(F)(F)F)n3)cc3cnn(-c4nccc(C(F)(F)F)n4)c23)OC1(C)C. The number of nitrogens with zero attached hydrogens (tertiary/aromatic N) is 6. The Balaban J connectivity index is 1.65. The highest BCUT2D eigenvalue weighted by molar-refractivity contribution is 6.65. The second-order valence-corrected chi connectivity index (χ2v) is 9.78. The van der Waals surface area contributed by atoms with Crippen molar-refractivity contribution in [2.45, 2.75) is 51.2 Å². The molecular formula is C23H20BF6N7O2. The highest BCUT2D eigenvalue weighted by atomic mass is 19.4. The zero-order chi connectivity index (χ0) is 28.4. The summed E-state index contributed by atoms with van der Waals surface area (Å²) in [5.41, 5.74) is -3.00. The molecule has 1 aliphatic rings. The van der Waals surface area contributed by atoms with E-state index in [-0.39, 0.29) is 23.1 Å². The topological polar surface area (TPSA) is 99.9 Å². The maximum atomic E-state index is 13.3. The molecule has 9 nitrogen and oxygen atoms in total. The number of alkyl halides is 6. The van der Waals surface area contributed by atoms with Crippen molar-refractivity contribution in [3.63, 3.8) is 0 Å². The average molecular weight is 551 g/mol. The lowest BCUT2D eigenvalue weighted by Gasteiger charge is -2.32. The smallest absolute Gasteiger partial charge is 0.399 e. The molecule has 39 heavy (non-hydrogen) atoms. The van der Waals surface area contributed by atoms with Gasteiger partial charge in [-0.05, 0) is 52.0 Å². The first kappa shape index (κ1) is 26.8. The molecule has 1 aliphatic heterocycles. The van der Waals surface area contributed by atoms with Gasteiger partial charge in [-0.2, -0.15) is 36.1 Å². The summed E-state index contributed by atoms with van der Waals surface area (Å²) in [5.74, 6) is -0.669. The number of fused-ring (bicyclic) bond motifs is 1. The number of halogens is 6. The molecule has 0 aliphatic carbocycles. The van der Waals surface area contributed by atoms with Crippen LogP contribution in [0.2, 0.25) is 0 Å². The Morgan fingerprint density at radius 2 is 1.44 bits per heavy atom. The highest BCUT2D eigenvalue weighted by Gasteiger charge is 2.52. The summed E-state index contributed by atoms with van der Waals surface area (Å²) in [5, 5.41) is 7.32. The Morgan fingerprint density at radius 1 is 0.846 bits per heavy atom. The second kappa shape index (κ2) is 8.88. The number of anilines is 2. The molecule has 1 aromatic carbocycles. The van der Waals surface area contributed by atoms with Crippen LogP contribution >= 0.6 is 0 Å². The van der Waals surface area contributed by atoms with Crippen molar-refractivity contribution in [3.8, 4) is 5.95 Å². The van der Waals surface area contributed by atoms with Crippen LogP contribution in [0.3, 0.4) is 0 Å². The summed E-state index contributed by atoms with van der Waals surface area (Å²) in [6.07, 6.45) is -6.10. The highest BCUT2D eigenvalue weighted by Crippen LogP contribution is 2.38. The number of benzene rings is 1. The van der Waals surface area contributed by atoms with Crippen LogP contribution in [-0.2, 0) is 21.7 Å². The molecule has 1 N–H and O–H groups in total. The Morgan fingerprint density at radius 3 is 2.05 bits per heavy atom. The molecular weight excluding hydrogens is 531 g/mol. The largest absolute Gasteiger partial charge is 0.497 e. The van der Waals surface area contributed by atoms with E-state index in [9.17, 15) is 26.3 Å². The first-order chi connectivity index (χ1) is 18.0. The third-order valence-corrected chi connectivity index (χ3v) is 6.53. The molecule has 1 saturated heterocycles. The predicted octanol–water partition coefficient (Wildman–Crippen LogP) is 4.69. The fraction of sp³-hybridized carbons (Fsp3) is 0.348. The van der Waals surface area contributed by atoms with Crippen LogP contribution in [0.5, 0.6) is 0 Å². The maximum absolute atomic E-state index is 13.3. The summed E-state index contributed by atoms with van der Waals surface area (Å²) in [6.45, 7) is 7.26. The first-order valence-corrected chi connectivity index (χ1v) is 11.5. The molecule has 0 atom stereocenters. The molecule has 1 fully saturated rings. The molecule has 5 rings (SSSR count). The van der Waals surface area contributed by atoms with Gasteiger partial charge in [0, 0.05) is 28.9 Å². The molecule has 16 heteroatoms. The van der Waals surface area contributed by atoms with Gasteiger partial charge in [0.1, 0.15) is 11.4 Å². The molecule has 0 radical (unpaired) electrons. The van der Waals surface area contributed by atoms with Crippen molar-refractivity contribution in [3.05, 3.63) is 54.2 Å². The molecule has 3 aromatic heterocycles.